The zero-order chi connectivity index (χ0) is 12.8. The molecule has 1 rings (SSSR count). The van der Waals surface area contributed by atoms with Crippen molar-refractivity contribution >= 4 is 23.2 Å². The average Bonchev–Trinajstić information content (AvgIpc) is 2.75. The summed E-state index contributed by atoms with van der Waals surface area (Å²) in [7, 11) is 0. The van der Waals surface area contributed by atoms with Gasteiger partial charge in [0.05, 0.1) is 12.2 Å². The van der Waals surface area contributed by atoms with E-state index in [1.807, 2.05) is 0 Å². The van der Waals surface area contributed by atoms with Crippen LogP contribution in [0.2, 0.25) is 0 Å². The third-order valence-electron chi connectivity index (χ3n) is 2.16. The van der Waals surface area contributed by atoms with Gasteiger partial charge in [0.1, 0.15) is 6.04 Å². The fraction of sp³-hybridized carbons (Fsp3) is 0.455. The van der Waals surface area contributed by atoms with Crippen molar-refractivity contribution in [3.05, 3.63) is 21.9 Å². The van der Waals surface area contributed by atoms with E-state index in [1.54, 1.807) is 25.3 Å². The third-order valence-corrected chi connectivity index (χ3v) is 3.10. The zero-order valence-electron chi connectivity index (χ0n) is 9.86. The summed E-state index contributed by atoms with van der Waals surface area (Å²) in [5.74, 6) is -0.717. The molecular weight excluding hydrogens is 240 g/mol. The highest BCUT2D eigenvalue weighted by Gasteiger charge is 2.13. The van der Waals surface area contributed by atoms with E-state index < -0.39 is 5.91 Å². The van der Waals surface area contributed by atoms with Gasteiger partial charge in [-0.2, -0.15) is 0 Å². The van der Waals surface area contributed by atoms with Crippen molar-refractivity contribution in [3.8, 4) is 0 Å². The summed E-state index contributed by atoms with van der Waals surface area (Å²) in [6, 6.07) is 1.35. The Morgan fingerprint density at radius 1 is 1.59 bits per heavy atom. The van der Waals surface area contributed by atoms with Gasteiger partial charge in [0.2, 0.25) is 5.91 Å². The van der Waals surface area contributed by atoms with Crippen molar-refractivity contribution in [2.75, 3.05) is 6.61 Å². The molecule has 0 spiro atoms. The highest BCUT2D eigenvalue weighted by Crippen LogP contribution is 2.14. The number of primary amides is 1. The van der Waals surface area contributed by atoms with Crippen LogP contribution in [-0.2, 0) is 16.1 Å². The van der Waals surface area contributed by atoms with E-state index in [9.17, 15) is 9.59 Å². The van der Waals surface area contributed by atoms with Gasteiger partial charge in [0, 0.05) is 16.8 Å². The van der Waals surface area contributed by atoms with Crippen LogP contribution in [0.3, 0.4) is 0 Å². The number of thiophene rings is 1. The van der Waals surface area contributed by atoms with E-state index in [4.69, 9.17) is 10.5 Å². The minimum atomic E-state index is -0.439. The molecule has 0 aliphatic carbocycles. The number of esters is 1. The van der Waals surface area contributed by atoms with Crippen LogP contribution < -0.4 is 11.1 Å². The van der Waals surface area contributed by atoms with Crippen molar-refractivity contribution < 1.29 is 14.3 Å². The second-order valence-corrected chi connectivity index (χ2v) is 4.52. The first-order chi connectivity index (χ1) is 8.04. The van der Waals surface area contributed by atoms with Crippen LogP contribution in [0.4, 0.5) is 0 Å². The molecule has 1 amide bonds. The lowest BCUT2D eigenvalue weighted by Gasteiger charge is -2.11. The van der Waals surface area contributed by atoms with E-state index in [0.29, 0.717) is 18.7 Å². The van der Waals surface area contributed by atoms with E-state index >= 15 is 0 Å². The fourth-order valence-electron chi connectivity index (χ4n) is 1.21. The molecule has 0 saturated heterocycles. The molecule has 17 heavy (non-hydrogen) atoms. The number of rotatable bonds is 6. The standard InChI is InChI=1S/C11H16N2O3S/c1-3-16-11(15)7(2)13-5-9-4-8(6-17-9)10(12)14/h4,6-7,13H,3,5H2,1-2H3,(H2,12,14). The van der Waals surface area contributed by atoms with Gasteiger partial charge in [-0.15, -0.1) is 11.3 Å². The van der Waals surface area contributed by atoms with Gasteiger partial charge in [-0.3, -0.25) is 14.9 Å². The Morgan fingerprint density at radius 3 is 2.82 bits per heavy atom. The monoisotopic (exact) mass is 256 g/mol. The first-order valence-corrected chi connectivity index (χ1v) is 6.19. The second kappa shape index (κ2) is 6.36. The molecular formula is C11H16N2O3S. The second-order valence-electron chi connectivity index (χ2n) is 3.52. The summed E-state index contributed by atoms with van der Waals surface area (Å²) in [6.45, 7) is 4.39. The summed E-state index contributed by atoms with van der Waals surface area (Å²) >= 11 is 1.43. The number of carbonyl (C=O) groups is 2. The lowest BCUT2D eigenvalue weighted by Crippen LogP contribution is -2.34. The van der Waals surface area contributed by atoms with Gasteiger partial charge < -0.3 is 10.5 Å². The Labute approximate surface area is 104 Å². The van der Waals surface area contributed by atoms with Gasteiger partial charge in [0.15, 0.2) is 0 Å². The van der Waals surface area contributed by atoms with E-state index in [1.165, 1.54) is 11.3 Å². The lowest BCUT2D eigenvalue weighted by molar-refractivity contribution is -0.145. The normalized spacial score (nSPS) is 12.1. The molecule has 0 radical (unpaired) electrons. The minimum absolute atomic E-state index is 0.279. The number of ether oxygens (including phenoxy) is 1. The summed E-state index contributed by atoms with van der Waals surface area (Å²) in [5.41, 5.74) is 5.64. The maximum Gasteiger partial charge on any atom is 0.322 e. The van der Waals surface area contributed by atoms with Crippen molar-refractivity contribution in [1.82, 2.24) is 5.32 Å². The predicted octanol–water partition coefficient (Wildman–Crippen LogP) is 0.888. The van der Waals surface area contributed by atoms with Gasteiger partial charge >= 0.3 is 5.97 Å². The van der Waals surface area contributed by atoms with Crippen LogP contribution in [0.1, 0.15) is 29.1 Å². The Bertz CT molecular complexity index is 403. The van der Waals surface area contributed by atoms with Crippen LogP contribution in [0.25, 0.3) is 0 Å². The lowest BCUT2D eigenvalue weighted by atomic mass is 10.3. The van der Waals surface area contributed by atoms with Crippen molar-refractivity contribution in [2.24, 2.45) is 5.73 Å². The molecule has 0 aliphatic heterocycles. The summed E-state index contributed by atoms with van der Waals surface area (Å²) in [4.78, 5) is 23.2. The molecule has 5 nitrogen and oxygen atoms in total. The molecule has 1 heterocycles. The largest absolute Gasteiger partial charge is 0.465 e. The van der Waals surface area contributed by atoms with E-state index in [-0.39, 0.29) is 12.0 Å². The van der Waals surface area contributed by atoms with Crippen LogP contribution in [0.15, 0.2) is 11.4 Å². The number of nitrogens with two attached hydrogens (primary N) is 1. The van der Waals surface area contributed by atoms with Crippen LogP contribution in [-0.4, -0.2) is 24.5 Å². The fourth-order valence-corrected chi connectivity index (χ4v) is 2.03. The molecule has 0 bridgehead atoms. The SMILES string of the molecule is CCOC(=O)C(C)NCc1cc(C(N)=O)cs1. The molecule has 0 saturated carbocycles. The van der Waals surface area contributed by atoms with Crippen molar-refractivity contribution in [1.29, 1.82) is 0 Å². The number of hydrogen-bond acceptors (Lipinski definition) is 5. The molecule has 0 fully saturated rings. The maximum atomic E-state index is 11.3. The molecule has 94 valence electrons. The molecule has 0 aromatic carbocycles. The van der Waals surface area contributed by atoms with Crippen LogP contribution >= 0.6 is 11.3 Å². The van der Waals surface area contributed by atoms with Gasteiger partial charge in [-0.05, 0) is 19.9 Å². The number of carbonyl (C=O) groups excluding carboxylic acids is 2. The van der Waals surface area contributed by atoms with Crippen LogP contribution in [0, 0.1) is 0 Å². The maximum absolute atomic E-state index is 11.3. The molecule has 1 atom stereocenters. The molecule has 3 N–H and O–H groups in total. The van der Waals surface area contributed by atoms with Gasteiger partial charge in [-0.25, -0.2) is 0 Å². The molecule has 1 unspecified atom stereocenters. The van der Waals surface area contributed by atoms with Gasteiger partial charge in [-0.1, -0.05) is 0 Å². The Hall–Kier alpha value is -1.40. The predicted molar refractivity (Wildman–Crippen MR) is 65.8 cm³/mol. The first kappa shape index (κ1) is 13.7. The average molecular weight is 256 g/mol. The summed E-state index contributed by atoms with van der Waals surface area (Å²) < 4.78 is 4.86. The van der Waals surface area contributed by atoms with Crippen molar-refractivity contribution in [3.63, 3.8) is 0 Å². The molecule has 0 aliphatic rings. The van der Waals surface area contributed by atoms with E-state index in [2.05, 4.69) is 5.32 Å². The number of hydrogen-bond donors (Lipinski definition) is 2. The molecule has 6 heteroatoms. The third kappa shape index (κ3) is 4.16. The van der Waals surface area contributed by atoms with Crippen LogP contribution in [0.5, 0.6) is 0 Å². The van der Waals surface area contributed by atoms with Gasteiger partial charge in [0.25, 0.3) is 0 Å². The summed E-state index contributed by atoms with van der Waals surface area (Å²) in [5, 5.41) is 4.72. The van der Waals surface area contributed by atoms with Crippen molar-refractivity contribution in [2.45, 2.75) is 26.4 Å². The topological polar surface area (TPSA) is 81.4 Å². The number of amides is 1. The minimum Gasteiger partial charge on any atom is -0.465 e. The number of nitrogens with one attached hydrogen (secondary N) is 1. The Kier molecular flexibility index (Phi) is 5.11. The molecule has 1 aromatic rings. The quantitative estimate of drug-likeness (QED) is 0.741. The Morgan fingerprint density at radius 2 is 2.29 bits per heavy atom. The molecule has 1 aromatic heterocycles. The smallest absolute Gasteiger partial charge is 0.322 e. The highest BCUT2D eigenvalue weighted by molar-refractivity contribution is 7.10. The summed E-state index contributed by atoms with van der Waals surface area (Å²) in [6.07, 6.45) is 0. The Balaban J connectivity index is 2.44. The first-order valence-electron chi connectivity index (χ1n) is 5.31. The van der Waals surface area contributed by atoms with E-state index in [0.717, 1.165) is 4.88 Å². The zero-order valence-corrected chi connectivity index (χ0v) is 10.7. The highest BCUT2D eigenvalue weighted by atomic mass is 32.1.